The molecule has 0 bridgehead atoms. The summed E-state index contributed by atoms with van der Waals surface area (Å²) in [6, 6.07) is 2.30. The third-order valence-electron chi connectivity index (χ3n) is 5.07. The molecule has 0 aromatic heterocycles. The van der Waals surface area contributed by atoms with E-state index in [0.717, 1.165) is 25.7 Å². The van der Waals surface area contributed by atoms with Gasteiger partial charge in [-0.25, -0.2) is 4.79 Å². The Morgan fingerprint density at radius 1 is 1.12 bits per heavy atom. The largest absolute Gasteiger partial charge is 0.444 e. The zero-order valence-corrected chi connectivity index (χ0v) is 15.8. The van der Waals surface area contributed by atoms with Gasteiger partial charge >= 0.3 is 6.09 Å². The number of nitriles is 1. The maximum atomic E-state index is 12.6. The second-order valence-corrected chi connectivity index (χ2v) is 8.34. The Morgan fingerprint density at radius 2 is 1.68 bits per heavy atom. The highest BCUT2D eigenvalue weighted by molar-refractivity contribution is 5.80. The third kappa shape index (κ3) is 5.62. The lowest BCUT2D eigenvalue weighted by molar-refractivity contribution is -0.127. The minimum atomic E-state index is -0.859. The van der Waals surface area contributed by atoms with Crippen LogP contribution in [0, 0.1) is 17.2 Å². The highest BCUT2D eigenvalue weighted by Crippen LogP contribution is 2.27. The standard InChI is InChI=1S/C19H31N3O3/c1-18(2,3)25-17(24)22-12-10-19(14-20,11-13-22)21-16(23)15-8-6-4-5-7-9-15/h15H,4-13H2,1-3H3,(H,21,23). The minimum Gasteiger partial charge on any atom is -0.444 e. The molecule has 1 saturated carbocycles. The maximum absolute atomic E-state index is 12.6. The summed E-state index contributed by atoms with van der Waals surface area (Å²) in [6.45, 7) is 6.35. The van der Waals surface area contributed by atoms with Crippen LogP contribution in [0.3, 0.4) is 0 Å². The van der Waals surface area contributed by atoms with Crippen LogP contribution < -0.4 is 5.32 Å². The van der Waals surface area contributed by atoms with E-state index in [2.05, 4.69) is 11.4 Å². The molecule has 1 N–H and O–H groups in total. The van der Waals surface area contributed by atoms with Gasteiger partial charge in [0.05, 0.1) is 6.07 Å². The van der Waals surface area contributed by atoms with Crippen molar-refractivity contribution in [2.75, 3.05) is 13.1 Å². The van der Waals surface area contributed by atoms with Gasteiger partial charge in [-0.05, 0) is 33.6 Å². The Labute approximate surface area is 150 Å². The van der Waals surface area contributed by atoms with Crippen molar-refractivity contribution in [1.29, 1.82) is 5.26 Å². The first-order chi connectivity index (χ1) is 11.7. The molecule has 2 amide bonds. The Kier molecular flexibility index (Phi) is 6.31. The van der Waals surface area contributed by atoms with Gasteiger partial charge in [-0.1, -0.05) is 25.7 Å². The second kappa shape index (κ2) is 8.07. The van der Waals surface area contributed by atoms with E-state index in [-0.39, 0.29) is 17.9 Å². The van der Waals surface area contributed by atoms with Crippen molar-refractivity contribution >= 4 is 12.0 Å². The molecule has 1 heterocycles. The normalized spacial score (nSPS) is 21.8. The van der Waals surface area contributed by atoms with Crippen molar-refractivity contribution in [3.63, 3.8) is 0 Å². The van der Waals surface area contributed by atoms with Gasteiger partial charge in [-0.3, -0.25) is 4.79 Å². The fourth-order valence-corrected chi connectivity index (χ4v) is 3.54. The molecule has 0 atom stereocenters. The summed E-state index contributed by atoms with van der Waals surface area (Å²) in [4.78, 5) is 26.4. The molecule has 25 heavy (non-hydrogen) atoms. The quantitative estimate of drug-likeness (QED) is 0.775. The van der Waals surface area contributed by atoms with Gasteiger partial charge in [0.25, 0.3) is 0 Å². The number of nitrogens with one attached hydrogen (secondary N) is 1. The van der Waals surface area contributed by atoms with Crippen LogP contribution in [0.4, 0.5) is 4.79 Å². The molecule has 1 aliphatic heterocycles. The van der Waals surface area contributed by atoms with E-state index in [0.29, 0.717) is 25.9 Å². The predicted molar refractivity (Wildman–Crippen MR) is 94.7 cm³/mol. The minimum absolute atomic E-state index is 0.00849. The van der Waals surface area contributed by atoms with Crippen molar-refractivity contribution in [3.8, 4) is 6.07 Å². The Morgan fingerprint density at radius 3 is 2.16 bits per heavy atom. The summed E-state index contributed by atoms with van der Waals surface area (Å²) in [5, 5.41) is 12.7. The molecule has 140 valence electrons. The molecule has 6 nitrogen and oxygen atoms in total. The average molecular weight is 349 g/mol. The van der Waals surface area contributed by atoms with Gasteiger partial charge in [0.2, 0.25) is 5.91 Å². The van der Waals surface area contributed by atoms with Crippen LogP contribution in [0.15, 0.2) is 0 Å². The molecule has 0 spiro atoms. The number of amides is 2. The molecule has 0 aromatic rings. The first kappa shape index (κ1) is 19.6. The summed E-state index contributed by atoms with van der Waals surface area (Å²) in [5.41, 5.74) is -1.39. The number of carbonyl (C=O) groups excluding carboxylic acids is 2. The molecule has 2 rings (SSSR count). The lowest BCUT2D eigenvalue weighted by Crippen LogP contribution is -2.56. The highest BCUT2D eigenvalue weighted by Gasteiger charge is 2.39. The van der Waals surface area contributed by atoms with Crippen LogP contribution >= 0.6 is 0 Å². The number of piperidine rings is 1. The second-order valence-electron chi connectivity index (χ2n) is 8.34. The fraction of sp³-hybridized carbons (Fsp3) is 0.842. The van der Waals surface area contributed by atoms with Gasteiger partial charge < -0.3 is 15.0 Å². The fourth-order valence-electron chi connectivity index (χ4n) is 3.54. The summed E-state index contributed by atoms with van der Waals surface area (Å²) in [7, 11) is 0. The third-order valence-corrected chi connectivity index (χ3v) is 5.07. The lowest BCUT2D eigenvalue weighted by atomic mass is 9.87. The van der Waals surface area contributed by atoms with Gasteiger partial charge in [0, 0.05) is 31.8 Å². The SMILES string of the molecule is CC(C)(C)OC(=O)N1CCC(C#N)(NC(=O)C2CCCCCC2)CC1. The van der Waals surface area contributed by atoms with Crippen molar-refractivity contribution in [2.45, 2.75) is 83.3 Å². The van der Waals surface area contributed by atoms with Crippen LogP contribution in [-0.2, 0) is 9.53 Å². The first-order valence-corrected chi connectivity index (χ1v) is 9.46. The number of nitrogens with zero attached hydrogens (tertiary/aromatic N) is 2. The summed E-state index contributed by atoms with van der Waals surface area (Å²) in [6.07, 6.45) is 6.93. The topological polar surface area (TPSA) is 82.4 Å². The highest BCUT2D eigenvalue weighted by atomic mass is 16.6. The van der Waals surface area contributed by atoms with E-state index in [9.17, 15) is 14.9 Å². The monoisotopic (exact) mass is 349 g/mol. The molecule has 2 aliphatic rings. The van der Waals surface area contributed by atoms with E-state index < -0.39 is 11.1 Å². The summed E-state index contributed by atoms with van der Waals surface area (Å²) in [5.74, 6) is 0.0331. The van der Waals surface area contributed by atoms with Crippen LogP contribution in [0.25, 0.3) is 0 Å². The van der Waals surface area contributed by atoms with Crippen molar-refractivity contribution in [2.24, 2.45) is 5.92 Å². The zero-order chi connectivity index (χ0) is 18.5. The molecule has 2 fully saturated rings. The van der Waals surface area contributed by atoms with Crippen LogP contribution in [0.1, 0.15) is 72.1 Å². The van der Waals surface area contributed by atoms with Crippen molar-refractivity contribution in [1.82, 2.24) is 10.2 Å². The van der Waals surface area contributed by atoms with Gasteiger partial charge in [-0.15, -0.1) is 0 Å². The number of carbonyl (C=O) groups is 2. The summed E-state index contributed by atoms with van der Waals surface area (Å²) >= 11 is 0. The van der Waals surface area contributed by atoms with Gasteiger partial charge in [0.15, 0.2) is 0 Å². The maximum Gasteiger partial charge on any atom is 0.410 e. The number of hydrogen-bond acceptors (Lipinski definition) is 4. The van der Waals surface area contributed by atoms with Gasteiger partial charge in [0.1, 0.15) is 11.1 Å². The van der Waals surface area contributed by atoms with Crippen molar-refractivity contribution in [3.05, 3.63) is 0 Å². The molecule has 1 aliphatic carbocycles. The molecular weight excluding hydrogens is 318 g/mol. The van der Waals surface area contributed by atoms with Gasteiger partial charge in [-0.2, -0.15) is 5.26 Å². The van der Waals surface area contributed by atoms with E-state index in [1.807, 2.05) is 20.8 Å². The molecule has 0 aromatic carbocycles. The Bertz CT molecular complexity index is 517. The Hall–Kier alpha value is -1.77. The van der Waals surface area contributed by atoms with E-state index in [4.69, 9.17) is 4.74 Å². The molecule has 6 heteroatoms. The molecule has 0 unspecified atom stereocenters. The lowest BCUT2D eigenvalue weighted by Gasteiger charge is -2.38. The molecular formula is C19H31N3O3. The molecule has 1 saturated heterocycles. The predicted octanol–water partition coefficient (Wildman–Crippen LogP) is 3.37. The van der Waals surface area contributed by atoms with Crippen LogP contribution in [-0.4, -0.2) is 41.1 Å². The van der Waals surface area contributed by atoms with Crippen LogP contribution in [0.5, 0.6) is 0 Å². The smallest absolute Gasteiger partial charge is 0.410 e. The van der Waals surface area contributed by atoms with Crippen molar-refractivity contribution < 1.29 is 14.3 Å². The average Bonchev–Trinajstić information content (AvgIpc) is 2.83. The number of hydrogen-bond donors (Lipinski definition) is 1. The van der Waals surface area contributed by atoms with E-state index in [1.54, 1.807) is 4.90 Å². The number of ether oxygens (including phenoxy) is 1. The van der Waals surface area contributed by atoms with E-state index in [1.165, 1.54) is 12.8 Å². The summed E-state index contributed by atoms with van der Waals surface area (Å²) < 4.78 is 5.39. The number of likely N-dealkylation sites (tertiary alicyclic amines) is 1. The Balaban J connectivity index is 1.91. The van der Waals surface area contributed by atoms with E-state index >= 15 is 0 Å². The molecule has 0 radical (unpaired) electrons. The zero-order valence-electron chi connectivity index (χ0n) is 15.8. The first-order valence-electron chi connectivity index (χ1n) is 9.46. The van der Waals surface area contributed by atoms with Crippen LogP contribution in [0.2, 0.25) is 0 Å². The number of rotatable bonds is 2.